The van der Waals surface area contributed by atoms with E-state index in [1.807, 2.05) is 13.8 Å². The van der Waals surface area contributed by atoms with Crippen molar-refractivity contribution >= 4 is 11.7 Å². The van der Waals surface area contributed by atoms with Gasteiger partial charge in [-0.2, -0.15) is 0 Å². The number of amides is 1. The minimum Gasteiger partial charge on any atom is -0.387 e. The molecule has 0 spiro atoms. The van der Waals surface area contributed by atoms with E-state index in [4.69, 9.17) is 5.73 Å². The number of carbonyl (C=O) groups is 1. The summed E-state index contributed by atoms with van der Waals surface area (Å²) in [7, 11) is 0. The molecule has 3 N–H and O–H groups in total. The van der Waals surface area contributed by atoms with E-state index in [0.717, 1.165) is 6.42 Å². The largest absolute Gasteiger partial charge is 0.387 e. The first-order valence-corrected chi connectivity index (χ1v) is 4.26. The lowest BCUT2D eigenvalue weighted by molar-refractivity contribution is -0.120. The highest BCUT2D eigenvalue weighted by Gasteiger charge is 1.96. The van der Waals surface area contributed by atoms with Gasteiger partial charge in [-0.1, -0.05) is 6.92 Å². The van der Waals surface area contributed by atoms with Gasteiger partial charge in [-0.05, 0) is 6.92 Å². The predicted molar refractivity (Wildman–Crippen MR) is 50.1 cm³/mol. The van der Waals surface area contributed by atoms with E-state index in [0.29, 0.717) is 25.3 Å². The van der Waals surface area contributed by atoms with Crippen LogP contribution in [0.4, 0.5) is 0 Å². The van der Waals surface area contributed by atoms with Crippen molar-refractivity contribution in [2.45, 2.75) is 26.7 Å². The Balaban J connectivity index is 3.48. The zero-order valence-corrected chi connectivity index (χ0v) is 7.76. The molecule has 0 radical (unpaired) electrons. The fourth-order valence-corrected chi connectivity index (χ4v) is 0.698. The van der Waals surface area contributed by atoms with E-state index >= 15 is 0 Å². The minimum atomic E-state index is 0.0325. The molecule has 12 heavy (non-hydrogen) atoms. The highest BCUT2D eigenvalue weighted by molar-refractivity contribution is 5.80. The van der Waals surface area contributed by atoms with Gasteiger partial charge in [0.2, 0.25) is 5.91 Å². The summed E-state index contributed by atoms with van der Waals surface area (Å²) >= 11 is 0. The van der Waals surface area contributed by atoms with Crippen molar-refractivity contribution in [2.24, 2.45) is 10.7 Å². The summed E-state index contributed by atoms with van der Waals surface area (Å²) in [5.74, 6) is 0.643. The molecule has 0 aliphatic rings. The summed E-state index contributed by atoms with van der Waals surface area (Å²) in [5.41, 5.74) is 5.45. The maximum atomic E-state index is 10.9. The van der Waals surface area contributed by atoms with Gasteiger partial charge in [-0.15, -0.1) is 0 Å². The first-order chi connectivity index (χ1) is 5.70. The molecule has 4 heteroatoms. The summed E-state index contributed by atoms with van der Waals surface area (Å²) in [6.07, 6.45) is 1.17. The third-order valence-corrected chi connectivity index (χ3v) is 1.39. The summed E-state index contributed by atoms with van der Waals surface area (Å²) in [5, 5.41) is 2.69. The molecular weight excluding hydrogens is 154 g/mol. The number of nitrogens with zero attached hydrogens (tertiary/aromatic N) is 1. The second-order valence-corrected chi connectivity index (χ2v) is 2.43. The third kappa shape index (κ3) is 5.70. The SMILES string of the molecule is CCNC(=O)CCN=C(N)CC. The molecule has 0 heterocycles. The van der Waals surface area contributed by atoms with Crippen molar-refractivity contribution in [3.63, 3.8) is 0 Å². The molecule has 0 unspecified atom stereocenters. The minimum absolute atomic E-state index is 0.0325. The number of amidine groups is 1. The van der Waals surface area contributed by atoms with Crippen molar-refractivity contribution in [2.75, 3.05) is 13.1 Å². The van der Waals surface area contributed by atoms with E-state index in [1.165, 1.54) is 0 Å². The lowest BCUT2D eigenvalue weighted by Gasteiger charge is -1.99. The highest BCUT2D eigenvalue weighted by atomic mass is 16.1. The molecule has 0 rings (SSSR count). The first-order valence-electron chi connectivity index (χ1n) is 4.26. The molecule has 0 saturated heterocycles. The highest BCUT2D eigenvalue weighted by Crippen LogP contribution is 1.84. The maximum absolute atomic E-state index is 10.9. The number of hydrogen-bond acceptors (Lipinski definition) is 2. The Bertz CT molecular complexity index is 166. The van der Waals surface area contributed by atoms with E-state index in [2.05, 4.69) is 10.3 Å². The van der Waals surface area contributed by atoms with Crippen LogP contribution in [-0.2, 0) is 4.79 Å². The van der Waals surface area contributed by atoms with Crippen LogP contribution in [-0.4, -0.2) is 24.8 Å². The second-order valence-electron chi connectivity index (χ2n) is 2.43. The summed E-state index contributed by atoms with van der Waals surface area (Å²) < 4.78 is 0. The van der Waals surface area contributed by atoms with Crippen LogP contribution in [0.3, 0.4) is 0 Å². The van der Waals surface area contributed by atoms with Gasteiger partial charge >= 0.3 is 0 Å². The lowest BCUT2D eigenvalue weighted by atomic mass is 10.4. The van der Waals surface area contributed by atoms with Crippen LogP contribution in [0.15, 0.2) is 4.99 Å². The van der Waals surface area contributed by atoms with Crippen LogP contribution < -0.4 is 11.1 Å². The number of rotatable bonds is 5. The Labute approximate surface area is 73.2 Å². The Kier molecular flexibility index (Phi) is 6.05. The molecule has 0 saturated carbocycles. The number of hydrogen-bond donors (Lipinski definition) is 2. The Hall–Kier alpha value is -1.06. The van der Waals surface area contributed by atoms with Crippen LogP contribution >= 0.6 is 0 Å². The Morgan fingerprint density at radius 3 is 2.67 bits per heavy atom. The normalized spacial score (nSPS) is 11.3. The van der Waals surface area contributed by atoms with Crippen LogP contribution in [0.2, 0.25) is 0 Å². The van der Waals surface area contributed by atoms with Gasteiger partial charge in [0, 0.05) is 25.9 Å². The van der Waals surface area contributed by atoms with Crippen molar-refractivity contribution in [3.05, 3.63) is 0 Å². The van der Waals surface area contributed by atoms with Gasteiger partial charge in [0.1, 0.15) is 0 Å². The number of carbonyl (C=O) groups excluding carboxylic acids is 1. The van der Waals surface area contributed by atoms with Crippen molar-refractivity contribution in [1.29, 1.82) is 0 Å². The molecule has 4 nitrogen and oxygen atoms in total. The lowest BCUT2D eigenvalue weighted by Crippen LogP contribution is -2.23. The molecule has 70 valence electrons. The average Bonchev–Trinajstić information content (AvgIpc) is 2.04. The van der Waals surface area contributed by atoms with Gasteiger partial charge in [0.25, 0.3) is 0 Å². The van der Waals surface area contributed by atoms with Crippen molar-refractivity contribution < 1.29 is 4.79 Å². The van der Waals surface area contributed by atoms with Crippen molar-refractivity contribution in [1.82, 2.24) is 5.32 Å². The monoisotopic (exact) mass is 171 g/mol. The quantitative estimate of drug-likeness (QED) is 0.461. The molecule has 0 aliphatic heterocycles. The molecule has 0 fully saturated rings. The molecule has 0 bridgehead atoms. The van der Waals surface area contributed by atoms with E-state index in [9.17, 15) is 4.79 Å². The molecule has 0 aromatic carbocycles. The first kappa shape index (κ1) is 10.9. The molecule has 0 aliphatic carbocycles. The van der Waals surface area contributed by atoms with Crippen LogP contribution in [0.25, 0.3) is 0 Å². The zero-order chi connectivity index (χ0) is 9.40. The van der Waals surface area contributed by atoms with E-state index in [1.54, 1.807) is 0 Å². The molecule has 0 aromatic heterocycles. The second kappa shape index (κ2) is 6.64. The molecule has 0 aromatic rings. The fraction of sp³-hybridized carbons (Fsp3) is 0.750. The van der Waals surface area contributed by atoms with Crippen molar-refractivity contribution in [3.8, 4) is 0 Å². The Morgan fingerprint density at radius 1 is 1.50 bits per heavy atom. The van der Waals surface area contributed by atoms with Crippen LogP contribution in [0.1, 0.15) is 26.7 Å². The zero-order valence-electron chi connectivity index (χ0n) is 7.76. The van der Waals surface area contributed by atoms with Gasteiger partial charge in [0.15, 0.2) is 0 Å². The standard InChI is InChI=1S/C8H17N3O/c1-3-7(9)11-6-5-8(12)10-4-2/h3-6H2,1-2H3,(H2,9,11)(H,10,12). The van der Waals surface area contributed by atoms with Gasteiger partial charge in [0.05, 0.1) is 5.84 Å². The topological polar surface area (TPSA) is 67.5 Å². The van der Waals surface area contributed by atoms with Gasteiger partial charge < -0.3 is 11.1 Å². The number of nitrogens with one attached hydrogen (secondary N) is 1. The third-order valence-electron chi connectivity index (χ3n) is 1.39. The molecule has 1 amide bonds. The van der Waals surface area contributed by atoms with Crippen LogP contribution in [0, 0.1) is 0 Å². The maximum Gasteiger partial charge on any atom is 0.221 e. The average molecular weight is 171 g/mol. The molecular formula is C8H17N3O. The summed E-state index contributed by atoms with van der Waals surface area (Å²) in [6.45, 7) is 4.99. The van der Waals surface area contributed by atoms with E-state index < -0.39 is 0 Å². The number of aliphatic imine (C=N–C) groups is 1. The Morgan fingerprint density at radius 2 is 2.17 bits per heavy atom. The van der Waals surface area contributed by atoms with Crippen LogP contribution in [0.5, 0.6) is 0 Å². The van der Waals surface area contributed by atoms with Gasteiger partial charge in [-0.25, -0.2) is 0 Å². The van der Waals surface area contributed by atoms with Gasteiger partial charge in [-0.3, -0.25) is 9.79 Å². The summed E-state index contributed by atoms with van der Waals surface area (Å²) in [6, 6.07) is 0. The molecule has 0 atom stereocenters. The predicted octanol–water partition coefficient (Wildman–Crippen LogP) is 0.280. The summed E-state index contributed by atoms with van der Waals surface area (Å²) in [4.78, 5) is 14.9. The number of nitrogens with two attached hydrogens (primary N) is 1. The smallest absolute Gasteiger partial charge is 0.221 e. The fourth-order valence-electron chi connectivity index (χ4n) is 0.698. The van der Waals surface area contributed by atoms with E-state index in [-0.39, 0.29) is 5.91 Å².